The van der Waals surface area contributed by atoms with Crippen molar-refractivity contribution < 1.29 is 5.11 Å². The molecule has 2 rings (SSSR count). The van der Waals surface area contributed by atoms with E-state index in [4.69, 9.17) is 0 Å². The van der Waals surface area contributed by atoms with E-state index in [9.17, 15) is 5.11 Å². The van der Waals surface area contributed by atoms with Gasteiger partial charge in [-0.3, -0.25) is 9.98 Å². The quantitative estimate of drug-likeness (QED) is 0.514. The number of nitrogens with one attached hydrogen (secondary N) is 2. The molecule has 1 aromatic heterocycles. The maximum absolute atomic E-state index is 10.2. The van der Waals surface area contributed by atoms with Crippen LogP contribution in [0.5, 0.6) is 0 Å². The lowest BCUT2D eigenvalue weighted by Crippen LogP contribution is -2.38. The number of aliphatic hydroxyl groups excluding tert-OH is 1. The summed E-state index contributed by atoms with van der Waals surface area (Å²) in [6.45, 7) is 4.17. The number of benzene rings is 1. The summed E-state index contributed by atoms with van der Waals surface area (Å²) in [6, 6.07) is 15.6. The van der Waals surface area contributed by atoms with Crippen LogP contribution in [0.15, 0.2) is 59.7 Å². The zero-order valence-corrected chi connectivity index (χ0v) is 14.2. The van der Waals surface area contributed by atoms with E-state index in [0.29, 0.717) is 13.0 Å². The minimum atomic E-state index is -0.480. The summed E-state index contributed by atoms with van der Waals surface area (Å²) >= 11 is 0. The molecule has 24 heavy (non-hydrogen) atoms. The molecule has 2 aromatic rings. The summed E-state index contributed by atoms with van der Waals surface area (Å²) in [5.74, 6) is 0.772. The number of hydrogen-bond donors (Lipinski definition) is 3. The summed E-state index contributed by atoms with van der Waals surface area (Å²) in [5, 5.41) is 16.7. The van der Waals surface area contributed by atoms with E-state index in [1.54, 1.807) is 6.20 Å². The van der Waals surface area contributed by atoms with E-state index >= 15 is 0 Å². The summed E-state index contributed by atoms with van der Waals surface area (Å²) in [4.78, 5) is 8.83. The van der Waals surface area contributed by atoms with Crippen LogP contribution < -0.4 is 10.6 Å². The van der Waals surface area contributed by atoms with E-state index < -0.39 is 6.10 Å². The molecule has 1 heterocycles. The second-order valence-corrected chi connectivity index (χ2v) is 5.47. The normalized spacial score (nSPS) is 12.7. The van der Waals surface area contributed by atoms with Crippen LogP contribution in [0.25, 0.3) is 0 Å². The van der Waals surface area contributed by atoms with Crippen molar-refractivity contribution >= 4 is 5.96 Å². The molecule has 5 heteroatoms. The van der Waals surface area contributed by atoms with Gasteiger partial charge < -0.3 is 15.7 Å². The smallest absolute Gasteiger partial charge is 0.191 e. The number of aliphatic imine (C=N–C) groups is 1. The average molecular weight is 326 g/mol. The first kappa shape index (κ1) is 17.9. The third-order valence-electron chi connectivity index (χ3n) is 3.60. The molecule has 0 radical (unpaired) electrons. The van der Waals surface area contributed by atoms with Gasteiger partial charge in [-0.2, -0.15) is 0 Å². The third kappa shape index (κ3) is 6.38. The summed E-state index contributed by atoms with van der Waals surface area (Å²) in [6.07, 6.45) is 2.77. The first-order valence-electron chi connectivity index (χ1n) is 8.44. The van der Waals surface area contributed by atoms with Crippen molar-refractivity contribution in [3.8, 4) is 0 Å². The van der Waals surface area contributed by atoms with Crippen molar-refractivity contribution in [1.29, 1.82) is 0 Å². The summed E-state index contributed by atoms with van der Waals surface area (Å²) in [5.41, 5.74) is 1.99. The Bertz CT molecular complexity index is 601. The molecule has 0 aliphatic rings. The minimum absolute atomic E-state index is 0.480. The van der Waals surface area contributed by atoms with Crippen LogP contribution in [-0.4, -0.2) is 35.7 Å². The van der Waals surface area contributed by atoms with Gasteiger partial charge in [-0.1, -0.05) is 36.4 Å². The molecule has 1 atom stereocenters. The van der Waals surface area contributed by atoms with Crippen LogP contribution in [-0.2, 0) is 6.42 Å². The van der Waals surface area contributed by atoms with Crippen molar-refractivity contribution in [2.45, 2.75) is 25.9 Å². The Balaban J connectivity index is 1.77. The molecule has 5 nitrogen and oxygen atoms in total. The monoisotopic (exact) mass is 326 g/mol. The molecular formula is C19H26N4O. The molecule has 0 aliphatic heterocycles. The maximum atomic E-state index is 10.2. The van der Waals surface area contributed by atoms with E-state index in [-0.39, 0.29) is 0 Å². The molecule has 0 spiro atoms. The van der Waals surface area contributed by atoms with Gasteiger partial charge >= 0.3 is 0 Å². The lowest BCUT2D eigenvalue weighted by Gasteiger charge is -2.12. The number of aliphatic hydroxyl groups is 1. The van der Waals surface area contributed by atoms with Crippen LogP contribution in [0.2, 0.25) is 0 Å². The Morgan fingerprint density at radius 3 is 2.62 bits per heavy atom. The van der Waals surface area contributed by atoms with Crippen molar-refractivity contribution in [1.82, 2.24) is 15.6 Å². The number of aromatic nitrogens is 1. The standard InChI is InChI=1S/C19H26N4O/c1-2-20-19(22-14-11-17-10-6-7-13-21-17)23-15-12-18(24)16-8-4-3-5-9-16/h3-10,13,18,24H,2,11-12,14-15H2,1H3,(H2,20,22,23). The maximum Gasteiger partial charge on any atom is 0.191 e. The minimum Gasteiger partial charge on any atom is -0.388 e. The SMILES string of the molecule is CCNC(=NCCC(O)c1ccccc1)NCCc1ccccn1. The zero-order valence-electron chi connectivity index (χ0n) is 14.2. The van der Waals surface area contributed by atoms with Gasteiger partial charge in [0.15, 0.2) is 5.96 Å². The van der Waals surface area contributed by atoms with Crippen LogP contribution >= 0.6 is 0 Å². The predicted octanol–water partition coefficient (Wildman–Crippen LogP) is 2.30. The van der Waals surface area contributed by atoms with Gasteiger partial charge in [0.25, 0.3) is 0 Å². The fourth-order valence-electron chi connectivity index (χ4n) is 2.34. The fraction of sp³-hybridized carbons (Fsp3) is 0.368. The Morgan fingerprint density at radius 2 is 1.92 bits per heavy atom. The summed E-state index contributed by atoms with van der Waals surface area (Å²) < 4.78 is 0. The molecular weight excluding hydrogens is 300 g/mol. The number of rotatable bonds is 8. The molecule has 0 aliphatic carbocycles. The van der Waals surface area contributed by atoms with Gasteiger partial charge in [0.2, 0.25) is 0 Å². The number of hydrogen-bond acceptors (Lipinski definition) is 3. The third-order valence-corrected chi connectivity index (χ3v) is 3.60. The Kier molecular flexibility index (Phi) is 7.77. The number of nitrogens with zero attached hydrogens (tertiary/aromatic N) is 2. The highest BCUT2D eigenvalue weighted by atomic mass is 16.3. The van der Waals surface area contributed by atoms with Crippen LogP contribution in [0.4, 0.5) is 0 Å². The molecule has 0 fully saturated rings. The molecule has 0 saturated carbocycles. The molecule has 0 saturated heterocycles. The molecule has 0 amide bonds. The molecule has 1 aromatic carbocycles. The highest BCUT2D eigenvalue weighted by Crippen LogP contribution is 2.15. The zero-order chi connectivity index (χ0) is 17.0. The number of pyridine rings is 1. The van der Waals surface area contributed by atoms with Gasteiger partial charge in [0.05, 0.1) is 6.10 Å². The van der Waals surface area contributed by atoms with E-state index in [1.807, 2.05) is 55.5 Å². The number of guanidine groups is 1. The summed E-state index contributed by atoms with van der Waals surface area (Å²) in [7, 11) is 0. The van der Waals surface area contributed by atoms with Crippen molar-refractivity contribution in [2.24, 2.45) is 4.99 Å². The van der Waals surface area contributed by atoms with Crippen molar-refractivity contribution in [3.63, 3.8) is 0 Å². The fourth-order valence-corrected chi connectivity index (χ4v) is 2.34. The van der Waals surface area contributed by atoms with E-state index in [0.717, 1.165) is 36.7 Å². The van der Waals surface area contributed by atoms with Crippen LogP contribution in [0, 0.1) is 0 Å². The predicted molar refractivity (Wildman–Crippen MR) is 97.9 cm³/mol. The average Bonchev–Trinajstić information content (AvgIpc) is 2.63. The van der Waals surface area contributed by atoms with Gasteiger partial charge in [-0.25, -0.2) is 0 Å². The first-order chi connectivity index (χ1) is 11.8. The lowest BCUT2D eigenvalue weighted by molar-refractivity contribution is 0.170. The topological polar surface area (TPSA) is 69.5 Å². The van der Waals surface area contributed by atoms with Gasteiger partial charge in [0.1, 0.15) is 0 Å². The highest BCUT2D eigenvalue weighted by Gasteiger charge is 2.06. The second-order valence-electron chi connectivity index (χ2n) is 5.47. The van der Waals surface area contributed by atoms with Crippen LogP contribution in [0.3, 0.4) is 0 Å². The van der Waals surface area contributed by atoms with E-state index in [2.05, 4.69) is 20.6 Å². The molecule has 3 N–H and O–H groups in total. The van der Waals surface area contributed by atoms with E-state index in [1.165, 1.54) is 0 Å². The highest BCUT2D eigenvalue weighted by molar-refractivity contribution is 5.79. The van der Waals surface area contributed by atoms with Crippen molar-refractivity contribution in [3.05, 3.63) is 66.0 Å². The Hall–Kier alpha value is -2.40. The van der Waals surface area contributed by atoms with Gasteiger partial charge in [-0.05, 0) is 31.0 Å². The van der Waals surface area contributed by atoms with Gasteiger partial charge in [-0.15, -0.1) is 0 Å². The molecule has 128 valence electrons. The Morgan fingerprint density at radius 1 is 1.12 bits per heavy atom. The largest absolute Gasteiger partial charge is 0.388 e. The lowest BCUT2D eigenvalue weighted by atomic mass is 10.1. The van der Waals surface area contributed by atoms with Crippen molar-refractivity contribution in [2.75, 3.05) is 19.6 Å². The Labute approximate surface area is 143 Å². The molecule has 1 unspecified atom stereocenters. The van der Waals surface area contributed by atoms with Gasteiger partial charge in [0, 0.05) is 37.9 Å². The second kappa shape index (κ2) is 10.4. The molecule has 0 bridgehead atoms. The first-order valence-corrected chi connectivity index (χ1v) is 8.44. The van der Waals surface area contributed by atoms with Crippen LogP contribution in [0.1, 0.15) is 30.7 Å².